The summed E-state index contributed by atoms with van der Waals surface area (Å²) in [4.78, 5) is 47.3. The molecule has 0 aromatic carbocycles. The lowest BCUT2D eigenvalue weighted by Crippen LogP contribution is -2.37. The van der Waals surface area contributed by atoms with Gasteiger partial charge < -0.3 is 4.74 Å². The highest BCUT2D eigenvalue weighted by molar-refractivity contribution is 6.08. The van der Waals surface area contributed by atoms with Crippen LogP contribution in [0.2, 0.25) is 0 Å². The van der Waals surface area contributed by atoms with Crippen molar-refractivity contribution in [2.24, 2.45) is 5.41 Å². The zero-order valence-electron chi connectivity index (χ0n) is 9.52. The summed E-state index contributed by atoms with van der Waals surface area (Å²) in [6.07, 6.45) is -1.01. The van der Waals surface area contributed by atoms with Gasteiger partial charge in [-0.25, -0.2) is 4.79 Å². The Morgan fingerprint density at radius 3 is 2.44 bits per heavy atom. The van der Waals surface area contributed by atoms with Gasteiger partial charge in [0.15, 0.2) is 0 Å². The number of esters is 1. The minimum atomic E-state index is -1.55. The molecule has 18 heavy (non-hydrogen) atoms. The van der Waals surface area contributed by atoms with E-state index in [0.29, 0.717) is 10.8 Å². The fourth-order valence-electron chi connectivity index (χ4n) is 1.53. The molecule has 8 heteroatoms. The van der Waals surface area contributed by atoms with Crippen LogP contribution < -0.4 is 11.2 Å². The SMILES string of the molecule is CC1(C)C(=O)O[C@H](n2cc(F)c(=O)[nH]c2=O)C1=O. The van der Waals surface area contributed by atoms with E-state index in [0.717, 1.165) is 0 Å². The molecule has 1 fully saturated rings. The predicted molar refractivity (Wildman–Crippen MR) is 55.2 cm³/mol. The number of aromatic nitrogens is 2. The number of nitrogens with one attached hydrogen (secondary N) is 1. The van der Waals surface area contributed by atoms with E-state index >= 15 is 0 Å². The topological polar surface area (TPSA) is 98.2 Å². The maximum absolute atomic E-state index is 13.1. The van der Waals surface area contributed by atoms with Crippen molar-refractivity contribution in [1.82, 2.24) is 9.55 Å². The molecule has 96 valence electrons. The third-order valence-electron chi connectivity index (χ3n) is 2.75. The number of ketones is 1. The maximum atomic E-state index is 13.1. The van der Waals surface area contributed by atoms with Gasteiger partial charge in [0.2, 0.25) is 17.8 Å². The summed E-state index contributed by atoms with van der Waals surface area (Å²) in [6, 6.07) is 0. The standard InChI is InChI=1S/C10H9FN2O5/c1-10(2)5(14)7(18-8(10)16)13-3-4(11)6(15)12-9(13)17/h3,7H,1-2H3,(H,12,15,17)/t7-/m0/s1. The Morgan fingerprint density at radius 1 is 1.33 bits per heavy atom. The molecule has 1 aliphatic rings. The molecular formula is C10H9FN2O5. The van der Waals surface area contributed by atoms with Gasteiger partial charge in [-0.15, -0.1) is 0 Å². The number of hydrogen-bond donors (Lipinski definition) is 1. The van der Waals surface area contributed by atoms with Crippen LogP contribution in [0.25, 0.3) is 0 Å². The molecule has 1 aromatic heterocycles. The smallest absolute Gasteiger partial charge is 0.331 e. The van der Waals surface area contributed by atoms with Gasteiger partial charge in [0, 0.05) is 0 Å². The third-order valence-corrected chi connectivity index (χ3v) is 2.75. The van der Waals surface area contributed by atoms with Crippen molar-refractivity contribution >= 4 is 11.8 Å². The monoisotopic (exact) mass is 256 g/mol. The lowest BCUT2D eigenvalue weighted by Gasteiger charge is -2.11. The number of nitrogens with zero attached hydrogens (tertiary/aromatic N) is 1. The number of hydrogen-bond acceptors (Lipinski definition) is 5. The highest BCUT2D eigenvalue weighted by Crippen LogP contribution is 2.34. The van der Waals surface area contributed by atoms with Gasteiger partial charge in [-0.3, -0.25) is 23.9 Å². The van der Waals surface area contributed by atoms with Crippen molar-refractivity contribution in [3.63, 3.8) is 0 Å². The number of Topliss-reactive ketones (excluding diaryl/α,β-unsaturated/α-hetero) is 1. The molecule has 0 radical (unpaired) electrons. The molecule has 0 unspecified atom stereocenters. The van der Waals surface area contributed by atoms with Gasteiger partial charge in [-0.2, -0.15) is 4.39 Å². The minimum Gasteiger partial charge on any atom is -0.433 e. The number of aromatic amines is 1. The van der Waals surface area contributed by atoms with Crippen LogP contribution in [-0.2, 0) is 14.3 Å². The quantitative estimate of drug-likeness (QED) is 0.530. The van der Waals surface area contributed by atoms with Crippen LogP contribution in [0.5, 0.6) is 0 Å². The fourth-order valence-corrected chi connectivity index (χ4v) is 1.53. The number of cyclic esters (lactones) is 1. The number of rotatable bonds is 1. The van der Waals surface area contributed by atoms with Crippen molar-refractivity contribution < 1.29 is 18.7 Å². The first-order chi connectivity index (χ1) is 8.25. The van der Waals surface area contributed by atoms with Crippen LogP contribution in [0, 0.1) is 11.2 Å². The van der Waals surface area contributed by atoms with Gasteiger partial charge in [-0.1, -0.05) is 0 Å². The van der Waals surface area contributed by atoms with Crippen LogP contribution in [0.3, 0.4) is 0 Å². The van der Waals surface area contributed by atoms with Crippen molar-refractivity contribution in [3.8, 4) is 0 Å². The van der Waals surface area contributed by atoms with Crippen LogP contribution >= 0.6 is 0 Å². The van der Waals surface area contributed by atoms with Crippen LogP contribution in [-0.4, -0.2) is 21.3 Å². The second-order valence-corrected chi connectivity index (χ2v) is 4.39. The summed E-state index contributed by atoms with van der Waals surface area (Å²) in [5.74, 6) is -2.74. The van der Waals surface area contributed by atoms with E-state index in [1.54, 1.807) is 4.98 Å². The highest BCUT2D eigenvalue weighted by Gasteiger charge is 2.51. The summed E-state index contributed by atoms with van der Waals surface area (Å²) in [5, 5.41) is 0. The van der Waals surface area contributed by atoms with E-state index in [2.05, 4.69) is 0 Å². The lowest BCUT2D eigenvalue weighted by atomic mass is 9.90. The maximum Gasteiger partial charge on any atom is 0.331 e. The predicted octanol–water partition coefficient (Wildman–Crippen LogP) is -0.674. The molecule has 0 bridgehead atoms. The summed E-state index contributed by atoms with van der Waals surface area (Å²) in [5.41, 5.74) is -3.63. The van der Waals surface area contributed by atoms with Gasteiger partial charge in [-0.05, 0) is 13.8 Å². The second kappa shape index (κ2) is 3.62. The van der Waals surface area contributed by atoms with E-state index in [4.69, 9.17) is 4.74 Å². The van der Waals surface area contributed by atoms with Crippen molar-refractivity contribution in [1.29, 1.82) is 0 Å². The van der Waals surface area contributed by atoms with Crippen molar-refractivity contribution in [2.75, 3.05) is 0 Å². The van der Waals surface area contributed by atoms with E-state index in [-0.39, 0.29) is 0 Å². The Balaban J connectivity index is 2.56. The first-order valence-electron chi connectivity index (χ1n) is 5.01. The van der Waals surface area contributed by atoms with Crippen LogP contribution in [0.15, 0.2) is 15.8 Å². The zero-order chi connectivity index (χ0) is 13.7. The lowest BCUT2D eigenvalue weighted by molar-refractivity contribution is -0.150. The fraction of sp³-hybridized carbons (Fsp3) is 0.400. The van der Waals surface area contributed by atoms with Crippen molar-refractivity contribution in [3.05, 3.63) is 32.9 Å². The Labute approximate surface area is 99.2 Å². The number of carbonyl (C=O) groups excluding carboxylic acids is 2. The number of ether oxygens (including phenoxy) is 1. The molecule has 7 nitrogen and oxygen atoms in total. The molecule has 1 aliphatic heterocycles. The largest absolute Gasteiger partial charge is 0.433 e. The Bertz CT molecular complexity index is 657. The second-order valence-electron chi connectivity index (χ2n) is 4.39. The Hall–Kier alpha value is -2.25. The third kappa shape index (κ3) is 1.57. The minimum absolute atomic E-state index is 0.540. The molecule has 0 saturated carbocycles. The summed E-state index contributed by atoms with van der Waals surface area (Å²) in [7, 11) is 0. The Kier molecular flexibility index (Phi) is 2.46. The van der Waals surface area contributed by atoms with E-state index in [1.807, 2.05) is 0 Å². The normalized spacial score (nSPS) is 22.1. The zero-order valence-corrected chi connectivity index (χ0v) is 9.52. The average Bonchev–Trinajstić information content (AvgIpc) is 2.48. The molecule has 0 amide bonds. The molecule has 1 atom stereocenters. The van der Waals surface area contributed by atoms with Gasteiger partial charge >= 0.3 is 11.7 Å². The molecule has 1 saturated heterocycles. The van der Waals surface area contributed by atoms with E-state index in [1.165, 1.54) is 13.8 Å². The van der Waals surface area contributed by atoms with Gasteiger partial charge in [0.05, 0.1) is 6.20 Å². The molecule has 0 spiro atoms. The van der Waals surface area contributed by atoms with E-state index < -0.39 is 40.5 Å². The first-order valence-corrected chi connectivity index (χ1v) is 5.01. The summed E-state index contributed by atoms with van der Waals surface area (Å²) in [6.45, 7) is 2.68. The molecule has 1 aromatic rings. The molecule has 2 heterocycles. The molecular weight excluding hydrogens is 247 g/mol. The Morgan fingerprint density at radius 2 is 1.94 bits per heavy atom. The van der Waals surface area contributed by atoms with Crippen molar-refractivity contribution in [2.45, 2.75) is 20.1 Å². The van der Waals surface area contributed by atoms with Crippen LogP contribution in [0.4, 0.5) is 4.39 Å². The number of H-pyrrole nitrogens is 1. The summed E-state index contributed by atoms with van der Waals surface area (Å²) < 4.78 is 18.4. The highest BCUT2D eigenvalue weighted by atomic mass is 19.1. The average molecular weight is 256 g/mol. The molecule has 1 N–H and O–H groups in total. The van der Waals surface area contributed by atoms with Gasteiger partial charge in [0.25, 0.3) is 5.56 Å². The first kappa shape index (κ1) is 12.2. The van der Waals surface area contributed by atoms with Gasteiger partial charge in [0.1, 0.15) is 5.41 Å². The molecule has 2 rings (SSSR count). The number of halogens is 1. The summed E-state index contributed by atoms with van der Waals surface area (Å²) >= 11 is 0. The molecule has 0 aliphatic carbocycles. The van der Waals surface area contributed by atoms with Crippen LogP contribution in [0.1, 0.15) is 20.1 Å². The number of carbonyl (C=O) groups is 2. The van der Waals surface area contributed by atoms with E-state index in [9.17, 15) is 23.6 Å².